The molecule has 0 bridgehead atoms. The smallest absolute Gasteiger partial charge is 0.390 e. The number of sulfone groups is 1. The number of benzene rings is 1. The second-order valence-corrected chi connectivity index (χ2v) is 6.62. The van der Waals surface area contributed by atoms with Gasteiger partial charge in [0.1, 0.15) is 16.4 Å². The van der Waals surface area contributed by atoms with Gasteiger partial charge in [-0.05, 0) is 24.6 Å². The molecule has 0 aliphatic carbocycles. The first kappa shape index (κ1) is 18.6. The van der Waals surface area contributed by atoms with Gasteiger partial charge in [0.15, 0.2) is 9.84 Å². The Morgan fingerprint density at radius 2 is 1.73 bits per heavy atom. The van der Waals surface area contributed by atoms with E-state index in [4.69, 9.17) is 15.2 Å². The van der Waals surface area contributed by atoms with Crippen molar-refractivity contribution in [3.63, 3.8) is 0 Å². The predicted octanol–water partition coefficient (Wildman–Crippen LogP) is 1.93. The van der Waals surface area contributed by atoms with Crippen molar-refractivity contribution in [2.45, 2.75) is 23.9 Å². The summed E-state index contributed by atoms with van der Waals surface area (Å²) in [7, 11) is -1.57. The summed E-state index contributed by atoms with van der Waals surface area (Å²) in [6.07, 6.45) is -5.56. The van der Waals surface area contributed by atoms with Gasteiger partial charge < -0.3 is 15.2 Å². The second kappa shape index (κ2) is 7.19. The van der Waals surface area contributed by atoms with Crippen LogP contribution in [0.3, 0.4) is 0 Å². The molecule has 0 heterocycles. The average molecular weight is 341 g/mol. The van der Waals surface area contributed by atoms with Crippen LogP contribution in [-0.4, -0.2) is 41.1 Å². The first-order chi connectivity index (χ1) is 10.1. The van der Waals surface area contributed by atoms with Crippen LogP contribution in [0.5, 0.6) is 11.5 Å². The van der Waals surface area contributed by atoms with Crippen LogP contribution in [0.15, 0.2) is 17.0 Å². The van der Waals surface area contributed by atoms with Crippen LogP contribution in [0.4, 0.5) is 13.2 Å². The molecule has 0 spiro atoms. The van der Waals surface area contributed by atoms with Gasteiger partial charge in [0, 0.05) is 6.07 Å². The molecule has 0 aliphatic rings. The molecular weight excluding hydrogens is 323 g/mol. The Bertz CT molecular complexity index is 614. The van der Waals surface area contributed by atoms with E-state index in [-0.39, 0.29) is 16.4 Å². The summed E-state index contributed by atoms with van der Waals surface area (Å²) in [5, 5.41) is 0. The fraction of sp³-hybridized carbons (Fsp3) is 0.538. The molecule has 0 saturated carbocycles. The summed E-state index contributed by atoms with van der Waals surface area (Å²) in [4.78, 5) is -0.322. The number of methoxy groups -OCH3 is 2. The summed E-state index contributed by atoms with van der Waals surface area (Å²) in [5.74, 6) is -0.824. The van der Waals surface area contributed by atoms with Gasteiger partial charge >= 0.3 is 6.18 Å². The maximum absolute atomic E-state index is 12.3. The molecule has 5 nitrogen and oxygen atoms in total. The zero-order valence-electron chi connectivity index (χ0n) is 12.2. The number of ether oxygens (including phenoxy) is 2. The van der Waals surface area contributed by atoms with Gasteiger partial charge in [-0.1, -0.05) is 0 Å². The van der Waals surface area contributed by atoms with Crippen LogP contribution in [0.25, 0.3) is 0 Å². The Hall–Kier alpha value is -1.48. The van der Waals surface area contributed by atoms with Crippen molar-refractivity contribution in [1.29, 1.82) is 0 Å². The lowest BCUT2D eigenvalue weighted by Crippen LogP contribution is -2.17. The third kappa shape index (κ3) is 4.77. The summed E-state index contributed by atoms with van der Waals surface area (Å²) in [6.45, 7) is 0.305. The topological polar surface area (TPSA) is 78.6 Å². The lowest BCUT2D eigenvalue weighted by atomic mass is 10.1. The molecule has 1 rings (SSSR count). The van der Waals surface area contributed by atoms with E-state index in [1.807, 2.05) is 0 Å². The molecule has 0 aromatic heterocycles. The quantitative estimate of drug-likeness (QED) is 0.820. The van der Waals surface area contributed by atoms with E-state index in [1.165, 1.54) is 26.4 Å². The highest BCUT2D eigenvalue weighted by molar-refractivity contribution is 7.91. The fourth-order valence-electron chi connectivity index (χ4n) is 1.89. The third-order valence-electron chi connectivity index (χ3n) is 2.97. The largest absolute Gasteiger partial charge is 0.496 e. The van der Waals surface area contributed by atoms with Crippen LogP contribution >= 0.6 is 0 Å². The number of hydrogen-bond donors (Lipinski definition) is 1. The monoisotopic (exact) mass is 341 g/mol. The van der Waals surface area contributed by atoms with Crippen molar-refractivity contribution >= 4 is 9.84 Å². The van der Waals surface area contributed by atoms with E-state index in [9.17, 15) is 21.6 Å². The molecule has 9 heteroatoms. The minimum absolute atomic E-state index is 0.0218. The molecule has 126 valence electrons. The summed E-state index contributed by atoms with van der Waals surface area (Å²) in [5.41, 5.74) is 6.08. The number of alkyl halides is 3. The standard InChI is InChI=1S/C13H18F3NO4S/c1-20-10-8-12(11(21-2)7-9(10)3-5-17)22(18,19)6-4-13(14,15)16/h7-8H,3-6,17H2,1-2H3. The Labute approximate surface area is 127 Å². The summed E-state index contributed by atoms with van der Waals surface area (Å²) in [6, 6.07) is 2.60. The first-order valence-electron chi connectivity index (χ1n) is 6.39. The van der Waals surface area contributed by atoms with Crippen molar-refractivity contribution in [3.8, 4) is 11.5 Å². The van der Waals surface area contributed by atoms with Gasteiger partial charge in [0.05, 0.1) is 26.4 Å². The maximum Gasteiger partial charge on any atom is 0.390 e. The van der Waals surface area contributed by atoms with E-state index >= 15 is 0 Å². The van der Waals surface area contributed by atoms with Crippen LogP contribution < -0.4 is 15.2 Å². The van der Waals surface area contributed by atoms with Gasteiger partial charge in [-0.15, -0.1) is 0 Å². The first-order valence-corrected chi connectivity index (χ1v) is 8.04. The molecule has 1 aromatic carbocycles. The van der Waals surface area contributed by atoms with Gasteiger partial charge in [0.25, 0.3) is 0 Å². The Balaban J connectivity index is 3.27. The van der Waals surface area contributed by atoms with E-state index in [0.29, 0.717) is 18.5 Å². The molecule has 22 heavy (non-hydrogen) atoms. The van der Waals surface area contributed by atoms with Crippen molar-refractivity contribution < 1.29 is 31.1 Å². The van der Waals surface area contributed by atoms with Gasteiger partial charge in [0.2, 0.25) is 0 Å². The third-order valence-corrected chi connectivity index (χ3v) is 4.70. The van der Waals surface area contributed by atoms with E-state index in [2.05, 4.69) is 0 Å². The minimum Gasteiger partial charge on any atom is -0.496 e. The number of rotatable bonds is 7. The number of halogens is 3. The molecular formula is C13H18F3NO4S. The summed E-state index contributed by atoms with van der Waals surface area (Å²) >= 11 is 0. The number of hydrogen-bond acceptors (Lipinski definition) is 5. The predicted molar refractivity (Wildman–Crippen MR) is 75.0 cm³/mol. The lowest BCUT2D eigenvalue weighted by Gasteiger charge is -2.15. The van der Waals surface area contributed by atoms with Crippen molar-refractivity contribution in [1.82, 2.24) is 0 Å². The van der Waals surface area contributed by atoms with Crippen molar-refractivity contribution in [3.05, 3.63) is 17.7 Å². The highest BCUT2D eigenvalue weighted by Gasteiger charge is 2.32. The van der Waals surface area contributed by atoms with E-state index in [0.717, 1.165) is 0 Å². The van der Waals surface area contributed by atoms with E-state index in [1.54, 1.807) is 0 Å². The molecule has 0 fully saturated rings. The van der Waals surface area contributed by atoms with Crippen LogP contribution in [0, 0.1) is 0 Å². The summed E-state index contributed by atoms with van der Waals surface area (Å²) < 4.78 is 71.1. The number of nitrogens with two attached hydrogens (primary N) is 1. The second-order valence-electron chi connectivity index (χ2n) is 4.54. The molecule has 0 saturated heterocycles. The molecule has 0 atom stereocenters. The normalized spacial score (nSPS) is 12.3. The van der Waals surface area contributed by atoms with Gasteiger partial charge in [-0.25, -0.2) is 8.42 Å². The molecule has 1 aromatic rings. The highest BCUT2D eigenvalue weighted by Crippen LogP contribution is 2.34. The maximum atomic E-state index is 12.3. The zero-order chi connectivity index (χ0) is 17.0. The van der Waals surface area contributed by atoms with Crippen LogP contribution in [-0.2, 0) is 16.3 Å². The molecule has 0 aliphatic heterocycles. The minimum atomic E-state index is -4.55. The van der Waals surface area contributed by atoms with Gasteiger partial charge in [-0.3, -0.25) is 0 Å². The van der Waals surface area contributed by atoms with Crippen molar-refractivity contribution in [2.24, 2.45) is 5.73 Å². The highest BCUT2D eigenvalue weighted by atomic mass is 32.2. The Kier molecular flexibility index (Phi) is 6.07. The van der Waals surface area contributed by atoms with Crippen molar-refractivity contribution in [2.75, 3.05) is 26.5 Å². The lowest BCUT2D eigenvalue weighted by molar-refractivity contribution is -0.129. The van der Waals surface area contributed by atoms with Gasteiger partial charge in [-0.2, -0.15) is 13.2 Å². The molecule has 0 radical (unpaired) electrons. The molecule has 0 amide bonds. The van der Waals surface area contributed by atoms with Crippen LogP contribution in [0.1, 0.15) is 12.0 Å². The SMILES string of the molecule is COc1cc(S(=O)(=O)CCC(F)(F)F)c(OC)cc1CCN. The molecule has 2 N–H and O–H groups in total. The average Bonchev–Trinajstić information content (AvgIpc) is 2.44. The zero-order valence-corrected chi connectivity index (χ0v) is 13.1. The van der Waals surface area contributed by atoms with E-state index < -0.39 is 28.2 Å². The molecule has 0 unspecified atom stereocenters. The van der Waals surface area contributed by atoms with Crippen LogP contribution in [0.2, 0.25) is 0 Å². The Morgan fingerprint density at radius 1 is 1.14 bits per heavy atom. The Morgan fingerprint density at radius 3 is 2.18 bits per heavy atom. The fourth-order valence-corrected chi connectivity index (χ4v) is 3.34.